The molecule has 1 aliphatic rings. The lowest BCUT2D eigenvalue weighted by Gasteiger charge is -2.29. The molecule has 7 nitrogen and oxygen atoms in total. The van der Waals surface area contributed by atoms with Gasteiger partial charge < -0.3 is 9.73 Å². The zero-order chi connectivity index (χ0) is 21.1. The number of para-hydroxylation sites is 2. The third kappa shape index (κ3) is 4.69. The summed E-state index contributed by atoms with van der Waals surface area (Å²) in [5.41, 5.74) is 1.98. The molecule has 1 fully saturated rings. The largest absolute Gasteiger partial charge is 0.431 e. The average molecular weight is 446 g/mol. The van der Waals surface area contributed by atoms with E-state index in [0.717, 1.165) is 18.4 Å². The summed E-state index contributed by atoms with van der Waals surface area (Å²) >= 11 is 1.21. The van der Waals surface area contributed by atoms with Crippen molar-refractivity contribution in [3.05, 3.63) is 48.5 Å². The summed E-state index contributed by atoms with van der Waals surface area (Å²) in [6.45, 7) is 3.24. The number of carbonyl (C=O) groups is 1. The first-order chi connectivity index (χ1) is 14.4. The highest BCUT2D eigenvalue weighted by molar-refractivity contribution is 7.99. The Morgan fingerprint density at radius 2 is 1.87 bits per heavy atom. The average Bonchev–Trinajstić information content (AvgIpc) is 3.16. The van der Waals surface area contributed by atoms with Crippen LogP contribution in [0.4, 0.5) is 5.69 Å². The van der Waals surface area contributed by atoms with Gasteiger partial charge in [-0.15, -0.1) is 0 Å². The van der Waals surface area contributed by atoms with Gasteiger partial charge in [-0.25, -0.2) is 13.4 Å². The highest BCUT2D eigenvalue weighted by atomic mass is 32.2. The molecule has 0 saturated carbocycles. The van der Waals surface area contributed by atoms with Gasteiger partial charge in [-0.1, -0.05) is 30.8 Å². The van der Waals surface area contributed by atoms with E-state index in [9.17, 15) is 13.2 Å². The van der Waals surface area contributed by atoms with Crippen LogP contribution in [-0.2, 0) is 14.8 Å². The third-order valence-corrected chi connectivity index (χ3v) is 7.86. The van der Waals surface area contributed by atoms with Crippen LogP contribution in [0.3, 0.4) is 0 Å². The highest BCUT2D eigenvalue weighted by Gasteiger charge is 2.27. The number of hydrogen-bond acceptors (Lipinski definition) is 6. The zero-order valence-corrected chi connectivity index (χ0v) is 18.2. The van der Waals surface area contributed by atoms with E-state index in [1.807, 2.05) is 24.3 Å². The molecule has 4 rings (SSSR count). The van der Waals surface area contributed by atoms with Crippen molar-refractivity contribution in [3.8, 4) is 0 Å². The lowest BCUT2D eigenvalue weighted by atomic mass is 10.0. The molecule has 2 aromatic carbocycles. The van der Waals surface area contributed by atoms with Crippen molar-refractivity contribution in [3.63, 3.8) is 0 Å². The SMILES string of the molecule is CC1CCN(S(=O)(=O)c2ccc(NC(=O)CSc3nc4ccccc4o3)cc2)CC1. The van der Waals surface area contributed by atoms with Crippen LogP contribution < -0.4 is 5.32 Å². The zero-order valence-electron chi connectivity index (χ0n) is 16.6. The van der Waals surface area contributed by atoms with Gasteiger partial charge in [0.2, 0.25) is 15.9 Å². The van der Waals surface area contributed by atoms with Crippen molar-refractivity contribution in [2.24, 2.45) is 5.92 Å². The number of nitrogens with zero attached hydrogens (tertiary/aromatic N) is 2. The molecule has 0 radical (unpaired) electrons. The second-order valence-electron chi connectivity index (χ2n) is 7.40. The number of amides is 1. The van der Waals surface area contributed by atoms with E-state index in [1.165, 1.54) is 28.2 Å². The van der Waals surface area contributed by atoms with Crippen LogP contribution in [0, 0.1) is 5.92 Å². The van der Waals surface area contributed by atoms with Gasteiger partial charge in [0.05, 0.1) is 10.6 Å². The molecule has 0 aliphatic carbocycles. The predicted octanol–water partition coefficient (Wildman–Crippen LogP) is 3.98. The van der Waals surface area contributed by atoms with Crippen LogP contribution in [0.2, 0.25) is 0 Å². The molecule has 1 aliphatic heterocycles. The number of fused-ring (bicyclic) bond motifs is 1. The molecular weight excluding hydrogens is 422 g/mol. The molecule has 0 bridgehead atoms. The van der Waals surface area contributed by atoms with Crippen molar-refractivity contribution in [2.45, 2.75) is 29.9 Å². The van der Waals surface area contributed by atoms with E-state index in [1.54, 1.807) is 12.1 Å². The Balaban J connectivity index is 1.34. The summed E-state index contributed by atoms with van der Waals surface area (Å²) in [5, 5.41) is 3.21. The van der Waals surface area contributed by atoms with Gasteiger partial charge in [0.15, 0.2) is 5.58 Å². The Hall–Kier alpha value is -2.36. The Bertz CT molecular complexity index is 1100. The maximum atomic E-state index is 12.8. The first-order valence-corrected chi connectivity index (χ1v) is 12.2. The van der Waals surface area contributed by atoms with E-state index in [0.29, 0.717) is 35.5 Å². The van der Waals surface area contributed by atoms with Crippen molar-refractivity contribution < 1.29 is 17.6 Å². The normalized spacial score (nSPS) is 16.0. The summed E-state index contributed by atoms with van der Waals surface area (Å²) in [5.74, 6) is 0.475. The highest BCUT2D eigenvalue weighted by Crippen LogP contribution is 2.25. The maximum absolute atomic E-state index is 12.8. The fourth-order valence-electron chi connectivity index (χ4n) is 3.32. The van der Waals surface area contributed by atoms with Gasteiger partial charge in [0, 0.05) is 18.8 Å². The molecule has 30 heavy (non-hydrogen) atoms. The van der Waals surface area contributed by atoms with Crippen LogP contribution in [0.15, 0.2) is 63.1 Å². The Morgan fingerprint density at radius 3 is 2.57 bits per heavy atom. The minimum Gasteiger partial charge on any atom is -0.431 e. The second kappa shape index (κ2) is 8.79. The molecule has 1 N–H and O–H groups in total. The van der Waals surface area contributed by atoms with E-state index in [2.05, 4.69) is 17.2 Å². The molecular formula is C21H23N3O4S2. The number of piperidine rings is 1. The second-order valence-corrected chi connectivity index (χ2v) is 10.3. The summed E-state index contributed by atoms with van der Waals surface area (Å²) < 4.78 is 32.7. The van der Waals surface area contributed by atoms with Gasteiger partial charge in [-0.3, -0.25) is 4.79 Å². The van der Waals surface area contributed by atoms with Crippen LogP contribution in [0.5, 0.6) is 0 Å². The smallest absolute Gasteiger partial charge is 0.257 e. The van der Waals surface area contributed by atoms with Crippen LogP contribution >= 0.6 is 11.8 Å². The fraction of sp³-hybridized carbons (Fsp3) is 0.333. The number of oxazole rings is 1. The monoisotopic (exact) mass is 445 g/mol. The summed E-state index contributed by atoms with van der Waals surface area (Å²) in [6.07, 6.45) is 1.76. The van der Waals surface area contributed by atoms with Crippen LogP contribution in [-0.4, -0.2) is 42.5 Å². The Kier molecular flexibility index (Phi) is 6.12. The molecule has 3 aromatic rings. The first kappa shape index (κ1) is 20.9. The topological polar surface area (TPSA) is 92.5 Å². The van der Waals surface area contributed by atoms with Gasteiger partial charge >= 0.3 is 0 Å². The fourth-order valence-corrected chi connectivity index (χ4v) is 5.43. The van der Waals surface area contributed by atoms with Crippen molar-refractivity contribution >= 4 is 44.5 Å². The maximum Gasteiger partial charge on any atom is 0.257 e. The van der Waals surface area contributed by atoms with Crippen LogP contribution in [0.25, 0.3) is 11.1 Å². The molecule has 0 spiro atoms. The standard InChI is InChI=1S/C21H23N3O4S2/c1-15-10-12-24(13-11-15)30(26,27)17-8-6-16(7-9-17)22-20(25)14-29-21-23-18-4-2-3-5-19(18)28-21/h2-9,15H,10-14H2,1H3,(H,22,25). The lowest BCUT2D eigenvalue weighted by molar-refractivity contribution is -0.113. The number of nitrogens with one attached hydrogen (secondary N) is 1. The van der Waals surface area contributed by atoms with Crippen molar-refractivity contribution in [1.82, 2.24) is 9.29 Å². The van der Waals surface area contributed by atoms with Gasteiger partial charge in [0.25, 0.3) is 5.22 Å². The van der Waals surface area contributed by atoms with Crippen LogP contribution in [0.1, 0.15) is 19.8 Å². The Labute approximate surface area is 179 Å². The minimum atomic E-state index is -3.49. The van der Waals surface area contributed by atoms with E-state index < -0.39 is 10.0 Å². The molecule has 2 heterocycles. The third-order valence-electron chi connectivity index (χ3n) is 5.12. The van der Waals surface area contributed by atoms with Gasteiger partial charge in [-0.2, -0.15) is 4.31 Å². The molecule has 9 heteroatoms. The predicted molar refractivity (Wildman–Crippen MR) is 117 cm³/mol. The minimum absolute atomic E-state index is 0.138. The van der Waals surface area contributed by atoms with Crippen molar-refractivity contribution in [2.75, 3.05) is 24.2 Å². The van der Waals surface area contributed by atoms with Gasteiger partial charge in [-0.05, 0) is 55.2 Å². The molecule has 0 unspecified atom stereocenters. The molecule has 1 amide bonds. The summed E-state index contributed by atoms with van der Waals surface area (Å²) in [6, 6.07) is 13.7. The first-order valence-electron chi connectivity index (χ1n) is 9.80. The Morgan fingerprint density at radius 1 is 1.17 bits per heavy atom. The number of aromatic nitrogens is 1. The number of sulfonamides is 1. The number of anilines is 1. The van der Waals surface area contributed by atoms with E-state index in [-0.39, 0.29) is 16.6 Å². The van der Waals surface area contributed by atoms with Gasteiger partial charge in [0.1, 0.15) is 5.52 Å². The number of thioether (sulfide) groups is 1. The quantitative estimate of drug-likeness (QED) is 0.577. The number of rotatable bonds is 6. The molecule has 1 saturated heterocycles. The van der Waals surface area contributed by atoms with Crippen molar-refractivity contribution in [1.29, 1.82) is 0 Å². The van der Waals surface area contributed by atoms with E-state index >= 15 is 0 Å². The summed E-state index contributed by atoms with van der Waals surface area (Å²) in [7, 11) is -3.49. The number of hydrogen-bond donors (Lipinski definition) is 1. The number of benzene rings is 2. The number of carbonyl (C=O) groups excluding carboxylic acids is 1. The summed E-state index contributed by atoms with van der Waals surface area (Å²) in [4.78, 5) is 16.8. The molecule has 158 valence electrons. The molecule has 0 atom stereocenters. The van der Waals surface area contributed by atoms with E-state index in [4.69, 9.17) is 4.42 Å². The molecule has 1 aromatic heterocycles. The lowest BCUT2D eigenvalue weighted by Crippen LogP contribution is -2.37.